The van der Waals surface area contributed by atoms with Crippen molar-refractivity contribution in [2.75, 3.05) is 6.54 Å². The number of aromatic nitrogens is 2. The van der Waals surface area contributed by atoms with E-state index in [1.807, 2.05) is 0 Å². The Hall–Kier alpha value is -1.89. The van der Waals surface area contributed by atoms with Gasteiger partial charge in [-0.05, 0) is 30.7 Å². The number of halogens is 3. The summed E-state index contributed by atoms with van der Waals surface area (Å²) in [5.41, 5.74) is 6.84. The van der Waals surface area contributed by atoms with Gasteiger partial charge in [0.1, 0.15) is 0 Å². The summed E-state index contributed by atoms with van der Waals surface area (Å²) in [6.07, 6.45) is -3.89. The first-order valence-corrected chi connectivity index (χ1v) is 5.21. The Balaban J connectivity index is 2.23. The first kappa shape index (κ1) is 12.6. The lowest BCUT2D eigenvalue weighted by atomic mass is 10.1. The fraction of sp³-hybridized carbons (Fsp3) is 0.273. The summed E-state index contributed by atoms with van der Waals surface area (Å²) in [7, 11) is 0. The van der Waals surface area contributed by atoms with Crippen molar-refractivity contribution in [1.29, 1.82) is 0 Å². The molecule has 2 N–H and O–H groups in total. The summed E-state index contributed by atoms with van der Waals surface area (Å²) in [5, 5.41) is 2.89. The van der Waals surface area contributed by atoms with Gasteiger partial charge in [-0.25, -0.2) is 0 Å². The summed E-state index contributed by atoms with van der Waals surface area (Å²) in [5.74, 6) is -1.43. The lowest BCUT2D eigenvalue weighted by molar-refractivity contribution is -0.146. The van der Waals surface area contributed by atoms with Crippen molar-refractivity contribution in [1.82, 2.24) is 10.1 Å². The first-order chi connectivity index (χ1) is 8.50. The van der Waals surface area contributed by atoms with E-state index in [9.17, 15) is 13.2 Å². The average molecular weight is 257 g/mol. The highest BCUT2D eigenvalue weighted by atomic mass is 19.4. The zero-order valence-electron chi connectivity index (χ0n) is 9.24. The second-order valence-corrected chi connectivity index (χ2v) is 3.66. The van der Waals surface area contributed by atoms with Crippen molar-refractivity contribution in [2.24, 2.45) is 5.73 Å². The summed E-state index contributed by atoms with van der Waals surface area (Å²) in [6.45, 7) is 0.512. The predicted octanol–water partition coefficient (Wildman–Crippen LogP) is 2.26. The minimum atomic E-state index is -4.60. The van der Waals surface area contributed by atoms with Gasteiger partial charge < -0.3 is 10.3 Å². The molecule has 2 aromatic rings. The van der Waals surface area contributed by atoms with Crippen LogP contribution in [0.1, 0.15) is 11.4 Å². The molecule has 0 saturated heterocycles. The van der Waals surface area contributed by atoms with Crippen LogP contribution in [-0.2, 0) is 12.6 Å². The minimum Gasteiger partial charge on any atom is -0.334 e. The van der Waals surface area contributed by atoms with Crippen LogP contribution in [0.2, 0.25) is 0 Å². The van der Waals surface area contributed by atoms with Crippen LogP contribution >= 0.6 is 0 Å². The maximum absolute atomic E-state index is 12.3. The molecule has 0 fully saturated rings. The van der Waals surface area contributed by atoms with Gasteiger partial charge in [0.15, 0.2) is 0 Å². The monoisotopic (exact) mass is 257 g/mol. The fourth-order valence-corrected chi connectivity index (χ4v) is 1.44. The minimum absolute atomic E-state index is 0.151. The van der Waals surface area contributed by atoms with Gasteiger partial charge in [-0.15, -0.1) is 0 Å². The van der Waals surface area contributed by atoms with Crippen LogP contribution in [0.25, 0.3) is 11.5 Å². The van der Waals surface area contributed by atoms with E-state index >= 15 is 0 Å². The van der Waals surface area contributed by atoms with Gasteiger partial charge in [-0.3, -0.25) is 0 Å². The second-order valence-electron chi connectivity index (χ2n) is 3.66. The number of nitrogens with zero attached hydrogens (tertiary/aromatic N) is 2. The van der Waals surface area contributed by atoms with Crippen LogP contribution in [0.5, 0.6) is 0 Å². The number of nitrogens with two attached hydrogens (primary N) is 1. The van der Waals surface area contributed by atoms with Gasteiger partial charge in [0.05, 0.1) is 0 Å². The summed E-state index contributed by atoms with van der Waals surface area (Å²) in [4.78, 5) is 3.30. The van der Waals surface area contributed by atoms with E-state index in [0.717, 1.165) is 5.56 Å². The number of rotatable bonds is 3. The van der Waals surface area contributed by atoms with Crippen molar-refractivity contribution in [3.8, 4) is 11.5 Å². The molecule has 18 heavy (non-hydrogen) atoms. The third kappa shape index (κ3) is 2.67. The van der Waals surface area contributed by atoms with Crippen LogP contribution in [0, 0.1) is 0 Å². The van der Waals surface area contributed by atoms with E-state index in [1.165, 1.54) is 0 Å². The molecule has 1 aromatic heterocycles. The predicted molar refractivity (Wildman–Crippen MR) is 57.5 cm³/mol. The van der Waals surface area contributed by atoms with Gasteiger partial charge in [0.25, 0.3) is 11.7 Å². The Morgan fingerprint density at radius 2 is 1.83 bits per heavy atom. The van der Waals surface area contributed by atoms with E-state index in [0.29, 0.717) is 18.5 Å². The molecule has 0 spiro atoms. The lowest BCUT2D eigenvalue weighted by Gasteiger charge is -1.99. The Labute approximate surface area is 101 Å². The van der Waals surface area contributed by atoms with Gasteiger partial charge in [0, 0.05) is 5.56 Å². The molecular weight excluding hydrogens is 247 g/mol. The smallest absolute Gasteiger partial charge is 0.334 e. The Bertz CT molecular complexity index is 519. The molecule has 0 atom stereocenters. The van der Waals surface area contributed by atoms with Gasteiger partial charge in [-0.2, -0.15) is 18.2 Å². The molecule has 0 amide bonds. The number of alkyl halides is 3. The maximum Gasteiger partial charge on any atom is 0.455 e. The Kier molecular flexibility index (Phi) is 3.33. The normalized spacial score (nSPS) is 11.8. The Morgan fingerprint density at radius 1 is 1.17 bits per heavy atom. The van der Waals surface area contributed by atoms with Gasteiger partial charge >= 0.3 is 6.18 Å². The SMILES string of the molecule is NCCc1ccc(-c2nc(C(F)(F)F)no2)cc1. The third-order valence-electron chi connectivity index (χ3n) is 2.31. The molecule has 1 heterocycles. The van der Waals surface area contributed by atoms with Crippen LogP contribution in [0.4, 0.5) is 13.2 Å². The zero-order chi connectivity index (χ0) is 13.2. The molecule has 0 aliphatic rings. The largest absolute Gasteiger partial charge is 0.455 e. The van der Waals surface area contributed by atoms with Crippen LogP contribution < -0.4 is 5.73 Å². The molecule has 0 aliphatic heterocycles. The van der Waals surface area contributed by atoms with Crippen molar-refractivity contribution >= 4 is 0 Å². The molecule has 0 saturated carbocycles. The van der Waals surface area contributed by atoms with E-state index < -0.39 is 12.0 Å². The highest BCUT2D eigenvalue weighted by molar-refractivity contribution is 5.53. The molecule has 2 rings (SSSR count). The van der Waals surface area contributed by atoms with E-state index in [1.54, 1.807) is 24.3 Å². The second kappa shape index (κ2) is 4.77. The standard InChI is InChI=1S/C11H10F3N3O/c12-11(13,14)10-16-9(18-17-10)8-3-1-7(2-4-8)5-6-15/h1-4H,5-6,15H2. The van der Waals surface area contributed by atoms with E-state index in [-0.39, 0.29) is 5.89 Å². The van der Waals surface area contributed by atoms with Gasteiger partial charge in [0.2, 0.25) is 0 Å². The molecule has 0 bridgehead atoms. The molecule has 4 nitrogen and oxygen atoms in total. The van der Waals surface area contributed by atoms with E-state index in [2.05, 4.69) is 14.7 Å². The summed E-state index contributed by atoms with van der Waals surface area (Å²) >= 11 is 0. The first-order valence-electron chi connectivity index (χ1n) is 5.21. The van der Waals surface area contributed by atoms with Gasteiger partial charge in [-0.1, -0.05) is 17.3 Å². The van der Waals surface area contributed by atoms with Crippen LogP contribution in [0.3, 0.4) is 0 Å². The lowest BCUT2D eigenvalue weighted by Crippen LogP contribution is -2.07. The number of hydrogen-bond donors (Lipinski definition) is 1. The number of hydrogen-bond acceptors (Lipinski definition) is 4. The van der Waals surface area contributed by atoms with Crippen LogP contribution in [-0.4, -0.2) is 16.7 Å². The molecule has 0 radical (unpaired) electrons. The highest BCUT2D eigenvalue weighted by Gasteiger charge is 2.37. The van der Waals surface area contributed by atoms with Crippen molar-refractivity contribution in [2.45, 2.75) is 12.6 Å². The Morgan fingerprint density at radius 3 is 2.33 bits per heavy atom. The third-order valence-corrected chi connectivity index (χ3v) is 2.31. The summed E-state index contributed by atoms with van der Waals surface area (Å²) in [6, 6.07) is 6.77. The highest BCUT2D eigenvalue weighted by Crippen LogP contribution is 2.28. The number of benzene rings is 1. The molecule has 0 aliphatic carbocycles. The molecule has 1 aromatic carbocycles. The van der Waals surface area contributed by atoms with Crippen molar-refractivity contribution in [3.63, 3.8) is 0 Å². The van der Waals surface area contributed by atoms with Crippen LogP contribution in [0.15, 0.2) is 28.8 Å². The molecule has 96 valence electrons. The topological polar surface area (TPSA) is 64.9 Å². The molecule has 0 unspecified atom stereocenters. The zero-order valence-corrected chi connectivity index (χ0v) is 9.24. The van der Waals surface area contributed by atoms with Crippen molar-refractivity contribution in [3.05, 3.63) is 35.7 Å². The molecule has 7 heteroatoms. The van der Waals surface area contributed by atoms with Crippen molar-refractivity contribution < 1.29 is 17.7 Å². The summed E-state index contributed by atoms with van der Waals surface area (Å²) < 4.78 is 41.4. The van der Waals surface area contributed by atoms with E-state index in [4.69, 9.17) is 5.73 Å². The quantitative estimate of drug-likeness (QED) is 0.915. The fourth-order valence-electron chi connectivity index (χ4n) is 1.44. The average Bonchev–Trinajstić information content (AvgIpc) is 2.79. The molecular formula is C11H10F3N3O. The maximum atomic E-state index is 12.3.